The monoisotopic (exact) mass is 308 g/mol. The molecule has 0 radical (unpaired) electrons. The number of rotatable bonds is 9. The smallest absolute Gasteiger partial charge is 0.223 e. The largest absolute Gasteiger partial charge is 0.379 e. The molecule has 1 fully saturated rings. The molecular formula is C16H24N2O4. The highest BCUT2D eigenvalue weighted by Gasteiger charge is 2.27. The van der Waals surface area contributed by atoms with Gasteiger partial charge in [-0.3, -0.25) is 4.79 Å². The number of nitriles is 1. The van der Waals surface area contributed by atoms with Gasteiger partial charge in [-0.25, -0.2) is 0 Å². The zero-order valence-corrected chi connectivity index (χ0v) is 13.2. The SMILES string of the molecule is CCOCCOC[C@H]1CCCC(=O)N1CC#CCOCC#N. The Kier molecular flexibility index (Phi) is 10.1. The normalized spacial score (nSPS) is 17.7. The van der Waals surface area contributed by atoms with Crippen molar-refractivity contribution in [2.75, 3.05) is 46.2 Å². The van der Waals surface area contributed by atoms with E-state index < -0.39 is 0 Å². The molecule has 1 saturated heterocycles. The van der Waals surface area contributed by atoms with Crippen LogP contribution in [-0.2, 0) is 19.0 Å². The van der Waals surface area contributed by atoms with Crippen molar-refractivity contribution in [3.63, 3.8) is 0 Å². The number of amides is 1. The second-order valence-electron chi connectivity index (χ2n) is 4.84. The predicted octanol–water partition coefficient (Wildman–Crippen LogP) is 0.964. The van der Waals surface area contributed by atoms with Gasteiger partial charge < -0.3 is 19.1 Å². The van der Waals surface area contributed by atoms with Crippen molar-refractivity contribution < 1.29 is 19.0 Å². The maximum atomic E-state index is 12.0. The molecule has 22 heavy (non-hydrogen) atoms. The molecule has 6 nitrogen and oxygen atoms in total. The van der Waals surface area contributed by atoms with Gasteiger partial charge in [0.1, 0.15) is 13.2 Å². The van der Waals surface area contributed by atoms with Crippen LogP contribution in [0.1, 0.15) is 26.2 Å². The molecule has 0 aromatic carbocycles. The third-order valence-corrected chi connectivity index (χ3v) is 3.29. The Morgan fingerprint density at radius 1 is 1.23 bits per heavy atom. The molecule has 1 amide bonds. The molecule has 1 aliphatic heterocycles. The van der Waals surface area contributed by atoms with Crippen LogP contribution in [0.4, 0.5) is 0 Å². The van der Waals surface area contributed by atoms with Crippen LogP contribution in [0.15, 0.2) is 0 Å². The quantitative estimate of drug-likeness (QED) is 0.469. The van der Waals surface area contributed by atoms with Crippen LogP contribution < -0.4 is 0 Å². The summed E-state index contributed by atoms with van der Waals surface area (Å²) in [6.07, 6.45) is 2.41. The summed E-state index contributed by atoms with van der Waals surface area (Å²) in [4.78, 5) is 13.8. The summed E-state index contributed by atoms with van der Waals surface area (Å²) in [5.74, 6) is 5.86. The Balaban J connectivity index is 2.34. The maximum Gasteiger partial charge on any atom is 0.223 e. The molecule has 1 heterocycles. The van der Waals surface area contributed by atoms with E-state index in [1.807, 2.05) is 13.0 Å². The van der Waals surface area contributed by atoms with Crippen LogP contribution in [0.5, 0.6) is 0 Å². The molecule has 6 heteroatoms. The van der Waals surface area contributed by atoms with Gasteiger partial charge in [-0.15, -0.1) is 0 Å². The highest BCUT2D eigenvalue weighted by atomic mass is 16.5. The predicted molar refractivity (Wildman–Crippen MR) is 80.9 cm³/mol. The number of hydrogen-bond acceptors (Lipinski definition) is 5. The molecule has 0 aromatic heterocycles. The first-order chi connectivity index (χ1) is 10.8. The van der Waals surface area contributed by atoms with E-state index in [4.69, 9.17) is 19.5 Å². The fraction of sp³-hybridized carbons (Fsp3) is 0.750. The number of carbonyl (C=O) groups is 1. The average Bonchev–Trinajstić information content (AvgIpc) is 2.52. The Hall–Kier alpha value is -1.60. The zero-order chi connectivity index (χ0) is 16.0. The Labute approximate surface area is 132 Å². The Morgan fingerprint density at radius 3 is 2.82 bits per heavy atom. The van der Waals surface area contributed by atoms with E-state index in [1.165, 1.54) is 0 Å². The Bertz CT molecular complexity index is 422. The number of hydrogen-bond donors (Lipinski definition) is 0. The van der Waals surface area contributed by atoms with Crippen molar-refractivity contribution in [3.05, 3.63) is 0 Å². The van der Waals surface area contributed by atoms with Crippen molar-refractivity contribution in [2.45, 2.75) is 32.2 Å². The molecule has 0 saturated carbocycles. The third-order valence-electron chi connectivity index (χ3n) is 3.29. The van der Waals surface area contributed by atoms with E-state index in [-0.39, 0.29) is 25.2 Å². The van der Waals surface area contributed by atoms with E-state index in [2.05, 4.69) is 11.8 Å². The lowest BCUT2D eigenvalue weighted by molar-refractivity contribution is -0.137. The van der Waals surface area contributed by atoms with Gasteiger partial charge in [0.25, 0.3) is 0 Å². The first-order valence-electron chi connectivity index (χ1n) is 7.65. The third kappa shape index (κ3) is 7.42. The summed E-state index contributed by atoms with van der Waals surface area (Å²) in [5, 5.41) is 8.33. The number of piperidine rings is 1. The molecule has 0 unspecified atom stereocenters. The Morgan fingerprint density at radius 2 is 2.05 bits per heavy atom. The highest BCUT2D eigenvalue weighted by molar-refractivity contribution is 5.77. The van der Waals surface area contributed by atoms with E-state index in [0.29, 0.717) is 39.4 Å². The van der Waals surface area contributed by atoms with Gasteiger partial charge in [0.05, 0.1) is 38.5 Å². The molecule has 0 spiro atoms. The van der Waals surface area contributed by atoms with Crippen LogP contribution in [0, 0.1) is 23.2 Å². The summed E-state index contributed by atoms with van der Waals surface area (Å²) in [6.45, 7) is 4.90. The first-order valence-corrected chi connectivity index (χ1v) is 7.65. The van der Waals surface area contributed by atoms with Gasteiger partial charge in [0, 0.05) is 13.0 Å². The number of nitrogens with zero attached hydrogens (tertiary/aromatic N) is 2. The molecule has 1 atom stereocenters. The van der Waals surface area contributed by atoms with Gasteiger partial charge in [0.15, 0.2) is 0 Å². The van der Waals surface area contributed by atoms with Crippen LogP contribution in [0.3, 0.4) is 0 Å². The number of carbonyl (C=O) groups excluding carboxylic acids is 1. The summed E-state index contributed by atoms with van der Waals surface area (Å²) < 4.78 is 15.8. The van der Waals surface area contributed by atoms with Crippen molar-refractivity contribution in [3.8, 4) is 17.9 Å². The van der Waals surface area contributed by atoms with E-state index in [9.17, 15) is 4.79 Å². The summed E-state index contributed by atoms with van der Waals surface area (Å²) >= 11 is 0. The van der Waals surface area contributed by atoms with Crippen LogP contribution in [0.2, 0.25) is 0 Å². The molecule has 0 aromatic rings. The topological polar surface area (TPSA) is 71.8 Å². The van der Waals surface area contributed by atoms with Crippen molar-refractivity contribution in [1.82, 2.24) is 4.90 Å². The van der Waals surface area contributed by atoms with Crippen LogP contribution in [-0.4, -0.2) is 63.0 Å². The van der Waals surface area contributed by atoms with Gasteiger partial charge >= 0.3 is 0 Å². The number of likely N-dealkylation sites (tertiary alicyclic amines) is 1. The van der Waals surface area contributed by atoms with Gasteiger partial charge in [-0.2, -0.15) is 5.26 Å². The molecule has 0 bridgehead atoms. The summed E-state index contributed by atoms with van der Waals surface area (Å²) in [5.41, 5.74) is 0. The molecule has 0 N–H and O–H groups in total. The minimum Gasteiger partial charge on any atom is -0.379 e. The fourth-order valence-electron chi connectivity index (χ4n) is 2.20. The maximum absolute atomic E-state index is 12.0. The van der Waals surface area contributed by atoms with Crippen molar-refractivity contribution in [1.29, 1.82) is 5.26 Å². The molecule has 1 aliphatic rings. The summed E-state index contributed by atoms with van der Waals surface area (Å²) in [6, 6.07) is 1.96. The van der Waals surface area contributed by atoms with Crippen LogP contribution in [0.25, 0.3) is 0 Å². The molecule has 0 aliphatic carbocycles. The molecule has 122 valence electrons. The first kappa shape index (κ1) is 18.4. The lowest BCUT2D eigenvalue weighted by atomic mass is 10.0. The standard InChI is InChI=1S/C16H24N2O4/c1-2-20-12-13-22-14-15-6-5-7-16(19)18(15)9-3-4-10-21-11-8-17/h15H,2,5-7,9-14H2,1H3/t15-/m1/s1. The number of ether oxygens (including phenoxy) is 3. The van der Waals surface area contributed by atoms with Gasteiger partial charge in [0.2, 0.25) is 5.91 Å². The molecular weight excluding hydrogens is 284 g/mol. The fourth-order valence-corrected chi connectivity index (χ4v) is 2.20. The average molecular weight is 308 g/mol. The minimum atomic E-state index is 0.0353. The van der Waals surface area contributed by atoms with Crippen LogP contribution >= 0.6 is 0 Å². The lowest BCUT2D eigenvalue weighted by Gasteiger charge is -2.34. The second kappa shape index (κ2) is 12.0. The minimum absolute atomic E-state index is 0.0353. The molecule has 1 rings (SSSR count). The zero-order valence-electron chi connectivity index (χ0n) is 13.2. The van der Waals surface area contributed by atoms with Gasteiger partial charge in [-0.1, -0.05) is 11.8 Å². The van der Waals surface area contributed by atoms with E-state index in [0.717, 1.165) is 12.8 Å². The lowest BCUT2D eigenvalue weighted by Crippen LogP contribution is -2.46. The van der Waals surface area contributed by atoms with E-state index >= 15 is 0 Å². The van der Waals surface area contributed by atoms with Crippen molar-refractivity contribution in [2.24, 2.45) is 0 Å². The van der Waals surface area contributed by atoms with Crippen molar-refractivity contribution >= 4 is 5.91 Å². The summed E-state index contributed by atoms with van der Waals surface area (Å²) in [7, 11) is 0. The van der Waals surface area contributed by atoms with Gasteiger partial charge in [-0.05, 0) is 19.8 Å². The van der Waals surface area contributed by atoms with E-state index in [1.54, 1.807) is 4.90 Å². The highest BCUT2D eigenvalue weighted by Crippen LogP contribution is 2.18. The second-order valence-corrected chi connectivity index (χ2v) is 4.84.